The molecule has 0 aliphatic heterocycles. The van der Waals surface area contributed by atoms with E-state index >= 15 is 0 Å². The molecule has 0 amide bonds. The molecule has 1 N–H and O–H groups in total. The molecule has 0 saturated carbocycles. The van der Waals surface area contributed by atoms with E-state index < -0.39 is 5.82 Å². The first kappa shape index (κ1) is 9.69. The average Bonchev–Trinajstić information content (AvgIpc) is 2.15. The van der Waals surface area contributed by atoms with E-state index in [1.807, 2.05) is 6.92 Å². The van der Waals surface area contributed by atoms with Gasteiger partial charge >= 0.3 is 0 Å². The van der Waals surface area contributed by atoms with Crippen molar-refractivity contribution in [2.45, 2.75) is 13.5 Å². The van der Waals surface area contributed by atoms with Crippen LogP contribution in [0.25, 0.3) is 0 Å². The van der Waals surface area contributed by atoms with Crippen LogP contribution in [0.5, 0.6) is 0 Å². The number of nitriles is 1. The lowest BCUT2D eigenvalue weighted by Crippen LogP contribution is -2.11. The highest BCUT2D eigenvalue weighted by Gasteiger charge is 2.01. The Kier molecular flexibility index (Phi) is 3.41. The zero-order chi connectivity index (χ0) is 9.68. The Hall–Kier alpha value is -1.40. The predicted octanol–water partition coefficient (Wildman–Crippen LogP) is 1.81. The summed E-state index contributed by atoms with van der Waals surface area (Å²) in [4.78, 5) is 0. The van der Waals surface area contributed by atoms with E-state index in [4.69, 9.17) is 5.26 Å². The lowest BCUT2D eigenvalue weighted by atomic mass is 10.1. The van der Waals surface area contributed by atoms with E-state index in [0.717, 1.165) is 12.1 Å². The van der Waals surface area contributed by atoms with E-state index in [-0.39, 0.29) is 5.56 Å². The fourth-order valence-electron chi connectivity index (χ4n) is 1.03. The number of hydrogen-bond acceptors (Lipinski definition) is 2. The van der Waals surface area contributed by atoms with Crippen molar-refractivity contribution in [1.29, 1.82) is 5.26 Å². The van der Waals surface area contributed by atoms with Gasteiger partial charge in [0.15, 0.2) is 0 Å². The van der Waals surface area contributed by atoms with Crippen LogP contribution < -0.4 is 5.32 Å². The molecule has 0 spiro atoms. The van der Waals surface area contributed by atoms with Gasteiger partial charge in [0.05, 0.1) is 5.56 Å². The van der Waals surface area contributed by atoms with Crippen molar-refractivity contribution in [2.75, 3.05) is 6.54 Å². The largest absolute Gasteiger partial charge is 0.313 e. The van der Waals surface area contributed by atoms with E-state index in [1.165, 1.54) is 12.1 Å². The zero-order valence-corrected chi connectivity index (χ0v) is 7.47. The van der Waals surface area contributed by atoms with Gasteiger partial charge in [-0.2, -0.15) is 5.26 Å². The molecule has 13 heavy (non-hydrogen) atoms. The lowest BCUT2D eigenvalue weighted by Gasteiger charge is -2.02. The van der Waals surface area contributed by atoms with Crippen LogP contribution >= 0.6 is 0 Å². The van der Waals surface area contributed by atoms with Gasteiger partial charge in [-0.05, 0) is 24.2 Å². The average molecular weight is 178 g/mol. The van der Waals surface area contributed by atoms with Gasteiger partial charge in [-0.3, -0.25) is 0 Å². The minimum atomic E-state index is -0.446. The Morgan fingerprint density at radius 1 is 1.54 bits per heavy atom. The maximum absolute atomic E-state index is 13.0. The van der Waals surface area contributed by atoms with Gasteiger partial charge in [-0.15, -0.1) is 0 Å². The minimum Gasteiger partial charge on any atom is -0.313 e. The molecule has 1 rings (SSSR count). The molecular formula is C10H11FN2. The van der Waals surface area contributed by atoms with Crippen LogP contribution in [0, 0.1) is 17.1 Å². The first-order valence-electron chi connectivity index (χ1n) is 4.17. The second-order valence-electron chi connectivity index (χ2n) is 2.71. The highest BCUT2D eigenvalue weighted by atomic mass is 19.1. The minimum absolute atomic E-state index is 0.0975. The van der Waals surface area contributed by atoms with Crippen LogP contribution in [-0.2, 0) is 6.54 Å². The second kappa shape index (κ2) is 4.58. The first-order valence-corrected chi connectivity index (χ1v) is 4.17. The topological polar surface area (TPSA) is 35.8 Å². The molecule has 68 valence electrons. The number of nitrogens with zero attached hydrogens (tertiary/aromatic N) is 1. The summed E-state index contributed by atoms with van der Waals surface area (Å²) >= 11 is 0. The van der Waals surface area contributed by atoms with Crippen molar-refractivity contribution in [3.8, 4) is 6.07 Å². The van der Waals surface area contributed by atoms with E-state index in [1.54, 1.807) is 12.1 Å². The Balaban J connectivity index is 2.79. The maximum atomic E-state index is 13.0. The SMILES string of the molecule is CCNCc1ccc(C#N)c(F)c1. The molecule has 0 aliphatic carbocycles. The molecule has 0 atom stereocenters. The number of halogens is 1. The van der Waals surface area contributed by atoms with Crippen molar-refractivity contribution >= 4 is 0 Å². The quantitative estimate of drug-likeness (QED) is 0.766. The molecule has 1 aromatic carbocycles. The summed E-state index contributed by atoms with van der Waals surface area (Å²) in [5, 5.41) is 11.6. The third-order valence-corrected chi connectivity index (χ3v) is 1.73. The van der Waals surface area contributed by atoms with Crippen LogP contribution in [0.1, 0.15) is 18.1 Å². The third kappa shape index (κ3) is 2.53. The summed E-state index contributed by atoms with van der Waals surface area (Å²) in [7, 11) is 0. The Bertz CT molecular complexity index is 328. The molecule has 0 radical (unpaired) electrons. The molecular weight excluding hydrogens is 167 g/mol. The highest BCUT2D eigenvalue weighted by Crippen LogP contribution is 2.08. The van der Waals surface area contributed by atoms with Crippen molar-refractivity contribution in [1.82, 2.24) is 5.32 Å². The van der Waals surface area contributed by atoms with Crippen LogP contribution in [-0.4, -0.2) is 6.54 Å². The standard InChI is InChI=1S/C10H11FN2/c1-2-13-7-8-3-4-9(6-12)10(11)5-8/h3-5,13H,2,7H2,1H3. The summed E-state index contributed by atoms with van der Waals surface area (Å²) < 4.78 is 13.0. The van der Waals surface area contributed by atoms with Gasteiger partial charge in [0.2, 0.25) is 0 Å². The number of hydrogen-bond donors (Lipinski definition) is 1. The third-order valence-electron chi connectivity index (χ3n) is 1.73. The maximum Gasteiger partial charge on any atom is 0.141 e. The van der Waals surface area contributed by atoms with Crippen molar-refractivity contribution in [3.05, 3.63) is 35.1 Å². The van der Waals surface area contributed by atoms with Crippen molar-refractivity contribution in [3.63, 3.8) is 0 Å². The molecule has 1 aromatic rings. The van der Waals surface area contributed by atoms with E-state index in [0.29, 0.717) is 6.54 Å². The molecule has 0 aromatic heterocycles. The van der Waals surface area contributed by atoms with Crippen LogP contribution in [0.3, 0.4) is 0 Å². The van der Waals surface area contributed by atoms with Gasteiger partial charge in [-0.1, -0.05) is 13.0 Å². The molecule has 0 bridgehead atoms. The summed E-state index contributed by atoms with van der Waals surface area (Å²) in [6.07, 6.45) is 0. The number of rotatable bonds is 3. The van der Waals surface area contributed by atoms with Crippen molar-refractivity contribution in [2.24, 2.45) is 0 Å². The first-order chi connectivity index (χ1) is 6.27. The van der Waals surface area contributed by atoms with E-state index in [2.05, 4.69) is 5.32 Å². The smallest absolute Gasteiger partial charge is 0.141 e. The molecule has 2 nitrogen and oxygen atoms in total. The van der Waals surface area contributed by atoms with Crippen molar-refractivity contribution < 1.29 is 4.39 Å². The molecule has 0 heterocycles. The van der Waals surface area contributed by atoms with Gasteiger partial charge in [0.25, 0.3) is 0 Å². The molecule has 0 unspecified atom stereocenters. The Morgan fingerprint density at radius 2 is 2.31 bits per heavy atom. The van der Waals surface area contributed by atoms with Gasteiger partial charge in [0, 0.05) is 6.54 Å². The lowest BCUT2D eigenvalue weighted by molar-refractivity contribution is 0.618. The zero-order valence-electron chi connectivity index (χ0n) is 7.47. The van der Waals surface area contributed by atoms with Gasteiger partial charge < -0.3 is 5.32 Å². The summed E-state index contributed by atoms with van der Waals surface area (Å²) in [5.74, 6) is -0.446. The molecule has 3 heteroatoms. The summed E-state index contributed by atoms with van der Waals surface area (Å²) in [6.45, 7) is 3.47. The Labute approximate surface area is 77.0 Å². The monoisotopic (exact) mass is 178 g/mol. The highest BCUT2D eigenvalue weighted by molar-refractivity contribution is 5.33. The van der Waals surface area contributed by atoms with Gasteiger partial charge in [-0.25, -0.2) is 4.39 Å². The van der Waals surface area contributed by atoms with Gasteiger partial charge in [0.1, 0.15) is 11.9 Å². The molecule has 0 aliphatic rings. The molecule has 0 saturated heterocycles. The predicted molar refractivity (Wildman–Crippen MR) is 48.5 cm³/mol. The number of benzene rings is 1. The summed E-state index contributed by atoms with van der Waals surface area (Å²) in [5.41, 5.74) is 0.957. The number of nitrogens with one attached hydrogen (secondary N) is 1. The fraction of sp³-hybridized carbons (Fsp3) is 0.300. The van der Waals surface area contributed by atoms with Crippen LogP contribution in [0.2, 0.25) is 0 Å². The van der Waals surface area contributed by atoms with E-state index in [9.17, 15) is 4.39 Å². The Morgan fingerprint density at radius 3 is 2.85 bits per heavy atom. The summed E-state index contributed by atoms with van der Waals surface area (Å²) in [6, 6.07) is 6.43. The van der Waals surface area contributed by atoms with Crippen LogP contribution in [0.15, 0.2) is 18.2 Å². The normalized spacial score (nSPS) is 9.62. The van der Waals surface area contributed by atoms with Crippen LogP contribution in [0.4, 0.5) is 4.39 Å². The molecule has 0 fully saturated rings. The second-order valence-corrected chi connectivity index (χ2v) is 2.71. The fourth-order valence-corrected chi connectivity index (χ4v) is 1.03.